The summed E-state index contributed by atoms with van der Waals surface area (Å²) in [7, 11) is 1.22. The molecule has 0 saturated carbocycles. The van der Waals surface area contributed by atoms with Crippen LogP contribution in [0.1, 0.15) is 21.9 Å². The van der Waals surface area contributed by atoms with Gasteiger partial charge in [-0.2, -0.15) is 0 Å². The Morgan fingerprint density at radius 2 is 2.03 bits per heavy atom. The van der Waals surface area contributed by atoms with E-state index < -0.39 is 23.8 Å². The molecule has 2 heterocycles. The van der Waals surface area contributed by atoms with E-state index in [9.17, 15) is 19.2 Å². The van der Waals surface area contributed by atoms with Gasteiger partial charge in [0.15, 0.2) is 6.61 Å². The molecule has 29 heavy (non-hydrogen) atoms. The van der Waals surface area contributed by atoms with Crippen molar-refractivity contribution in [3.63, 3.8) is 0 Å². The summed E-state index contributed by atoms with van der Waals surface area (Å²) >= 11 is 0. The second-order valence-corrected chi connectivity index (χ2v) is 5.96. The SMILES string of the molecule is COC(=O)c1ccc(CN2C(=O)NC(=Cc3cccc(OCC(N)=O)c3)C2=O)o1. The zero-order valence-electron chi connectivity index (χ0n) is 15.3. The number of esters is 1. The van der Waals surface area contributed by atoms with Crippen LogP contribution in [0.4, 0.5) is 4.79 Å². The van der Waals surface area contributed by atoms with Gasteiger partial charge in [-0.15, -0.1) is 0 Å². The van der Waals surface area contributed by atoms with Gasteiger partial charge < -0.3 is 24.9 Å². The first kappa shape index (κ1) is 19.7. The fourth-order valence-corrected chi connectivity index (χ4v) is 2.56. The molecule has 3 rings (SSSR count). The molecular formula is C19H17N3O7. The molecule has 0 unspecified atom stereocenters. The highest BCUT2D eigenvalue weighted by molar-refractivity contribution is 6.13. The first-order chi connectivity index (χ1) is 13.9. The molecule has 4 amide bonds. The van der Waals surface area contributed by atoms with E-state index in [2.05, 4.69) is 10.1 Å². The lowest BCUT2D eigenvalue weighted by Crippen LogP contribution is -2.30. The molecule has 0 spiro atoms. The number of methoxy groups -OCH3 is 1. The summed E-state index contributed by atoms with van der Waals surface area (Å²) in [5, 5.41) is 2.48. The number of hydrogen-bond donors (Lipinski definition) is 2. The summed E-state index contributed by atoms with van der Waals surface area (Å²) in [6, 6.07) is 8.83. The van der Waals surface area contributed by atoms with Gasteiger partial charge in [0.2, 0.25) is 5.76 Å². The van der Waals surface area contributed by atoms with Crippen molar-refractivity contribution in [3.8, 4) is 5.75 Å². The highest BCUT2D eigenvalue weighted by atomic mass is 16.5. The van der Waals surface area contributed by atoms with Crippen molar-refractivity contribution >= 4 is 29.9 Å². The number of imide groups is 1. The van der Waals surface area contributed by atoms with E-state index in [0.717, 1.165) is 4.90 Å². The van der Waals surface area contributed by atoms with Crippen LogP contribution in [-0.4, -0.2) is 42.4 Å². The van der Waals surface area contributed by atoms with Gasteiger partial charge in [-0.05, 0) is 35.9 Å². The van der Waals surface area contributed by atoms with Gasteiger partial charge in [-0.3, -0.25) is 14.5 Å². The molecule has 1 aromatic heterocycles. The number of carbonyl (C=O) groups excluding carboxylic acids is 4. The number of nitrogens with zero attached hydrogens (tertiary/aromatic N) is 1. The van der Waals surface area contributed by atoms with Crippen molar-refractivity contribution < 1.29 is 33.1 Å². The summed E-state index contributed by atoms with van der Waals surface area (Å²) in [4.78, 5) is 47.9. The number of ether oxygens (including phenoxy) is 2. The van der Waals surface area contributed by atoms with Crippen LogP contribution >= 0.6 is 0 Å². The lowest BCUT2D eigenvalue weighted by Gasteiger charge is -2.09. The molecule has 1 aliphatic rings. The van der Waals surface area contributed by atoms with Gasteiger partial charge >= 0.3 is 12.0 Å². The second kappa shape index (κ2) is 8.30. The molecule has 1 aromatic carbocycles. The fourth-order valence-electron chi connectivity index (χ4n) is 2.56. The average Bonchev–Trinajstić information content (AvgIpc) is 3.27. The maximum atomic E-state index is 12.6. The fraction of sp³-hybridized carbons (Fsp3) is 0.158. The Morgan fingerprint density at radius 3 is 2.76 bits per heavy atom. The third-order valence-corrected chi connectivity index (χ3v) is 3.87. The highest BCUT2D eigenvalue weighted by Gasteiger charge is 2.34. The lowest BCUT2D eigenvalue weighted by atomic mass is 10.2. The molecule has 0 atom stereocenters. The molecule has 3 N–H and O–H groups in total. The Morgan fingerprint density at radius 1 is 1.24 bits per heavy atom. The number of hydrogen-bond acceptors (Lipinski definition) is 7. The van der Waals surface area contributed by atoms with Crippen LogP contribution in [0.15, 0.2) is 46.5 Å². The van der Waals surface area contributed by atoms with Gasteiger partial charge in [0.25, 0.3) is 11.8 Å². The predicted molar refractivity (Wildman–Crippen MR) is 98.2 cm³/mol. The van der Waals surface area contributed by atoms with Gasteiger partial charge in [0.05, 0.1) is 13.7 Å². The summed E-state index contributed by atoms with van der Waals surface area (Å²) in [6.07, 6.45) is 1.47. The number of primary amides is 1. The zero-order chi connectivity index (χ0) is 21.0. The van der Waals surface area contributed by atoms with E-state index >= 15 is 0 Å². The quantitative estimate of drug-likeness (QED) is 0.402. The maximum absolute atomic E-state index is 12.6. The van der Waals surface area contributed by atoms with Crippen LogP contribution in [0.5, 0.6) is 5.75 Å². The van der Waals surface area contributed by atoms with Crippen LogP contribution in [0, 0.1) is 0 Å². The van der Waals surface area contributed by atoms with E-state index in [4.69, 9.17) is 14.9 Å². The minimum atomic E-state index is -0.660. The smallest absolute Gasteiger partial charge is 0.373 e. The van der Waals surface area contributed by atoms with Gasteiger partial charge in [0, 0.05) is 0 Å². The van der Waals surface area contributed by atoms with Crippen molar-refractivity contribution in [2.75, 3.05) is 13.7 Å². The minimum absolute atomic E-state index is 0.0295. The molecule has 2 aromatic rings. The average molecular weight is 399 g/mol. The van der Waals surface area contributed by atoms with Crippen molar-refractivity contribution in [2.45, 2.75) is 6.54 Å². The van der Waals surface area contributed by atoms with Crippen LogP contribution in [0.25, 0.3) is 6.08 Å². The van der Waals surface area contributed by atoms with Crippen LogP contribution < -0.4 is 15.8 Å². The molecule has 0 radical (unpaired) electrons. The number of amides is 4. The Bertz CT molecular complexity index is 1010. The Labute approximate surface area is 164 Å². The molecule has 10 heteroatoms. The van der Waals surface area contributed by atoms with E-state index in [-0.39, 0.29) is 30.4 Å². The Balaban J connectivity index is 1.73. The third kappa shape index (κ3) is 4.61. The first-order valence-corrected chi connectivity index (χ1v) is 8.40. The summed E-state index contributed by atoms with van der Waals surface area (Å²) in [5.74, 6) is -1.23. The van der Waals surface area contributed by atoms with E-state index in [1.165, 1.54) is 25.3 Å². The number of urea groups is 1. The molecule has 150 valence electrons. The van der Waals surface area contributed by atoms with E-state index in [1.54, 1.807) is 24.3 Å². The summed E-state index contributed by atoms with van der Waals surface area (Å²) < 4.78 is 15.1. The van der Waals surface area contributed by atoms with Crippen LogP contribution in [0.3, 0.4) is 0 Å². The normalized spacial score (nSPS) is 14.8. The van der Waals surface area contributed by atoms with Crippen LogP contribution in [0.2, 0.25) is 0 Å². The third-order valence-electron chi connectivity index (χ3n) is 3.87. The molecule has 0 aliphatic carbocycles. The topological polar surface area (TPSA) is 141 Å². The van der Waals surface area contributed by atoms with Crippen molar-refractivity contribution in [1.29, 1.82) is 0 Å². The van der Waals surface area contributed by atoms with Crippen molar-refractivity contribution in [3.05, 3.63) is 59.2 Å². The molecule has 10 nitrogen and oxygen atoms in total. The van der Waals surface area contributed by atoms with Crippen molar-refractivity contribution in [2.24, 2.45) is 5.73 Å². The van der Waals surface area contributed by atoms with Gasteiger partial charge in [-0.25, -0.2) is 9.59 Å². The standard InChI is InChI=1S/C19H17N3O7/c1-27-18(25)15-6-5-13(29-15)9-22-17(24)14(21-19(22)26)8-11-3-2-4-12(7-11)28-10-16(20)23/h2-8H,9-10H2,1H3,(H2,20,23)(H,21,26). The molecule has 1 saturated heterocycles. The Hall–Kier alpha value is -4.08. The molecular weight excluding hydrogens is 382 g/mol. The minimum Gasteiger partial charge on any atom is -0.484 e. The van der Waals surface area contributed by atoms with Crippen molar-refractivity contribution in [1.82, 2.24) is 10.2 Å². The summed E-state index contributed by atoms with van der Waals surface area (Å²) in [5.41, 5.74) is 5.67. The summed E-state index contributed by atoms with van der Waals surface area (Å²) in [6.45, 7) is -0.430. The van der Waals surface area contributed by atoms with E-state index in [1.807, 2.05) is 0 Å². The number of nitrogens with one attached hydrogen (secondary N) is 1. The number of rotatable bonds is 7. The van der Waals surface area contributed by atoms with Gasteiger partial charge in [0.1, 0.15) is 17.2 Å². The van der Waals surface area contributed by atoms with Crippen LogP contribution in [-0.2, 0) is 20.9 Å². The number of furan rings is 1. The van der Waals surface area contributed by atoms with Gasteiger partial charge in [-0.1, -0.05) is 12.1 Å². The zero-order valence-corrected chi connectivity index (χ0v) is 15.3. The predicted octanol–water partition coefficient (Wildman–Crippen LogP) is 1.02. The second-order valence-electron chi connectivity index (χ2n) is 5.96. The lowest BCUT2D eigenvalue weighted by molar-refractivity contribution is -0.123. The molecule has 0 bridgehead atoms. The van der Waals surface area contributed by atoms with E-state index in [0.29, 0.717) is 11.3 Å². The maximum Gasteiger partial charge on any atom is 0.373 e. The molecule has 1 fully saturated rings. The Kier molecular flexibility index (Phi) is 5.63. The molecule has 1 aliphatic heterocycles. The number of nitrogens with two attached hydrogens (primary N) is 1. The first-order valence-electron chi connectivity index (χ1n) is 8.40. The number of benzene rings is 1. The number of carbonyl (C=O) groups is 4. The largest absolute Gasteiger partial charge is 0.484 e. The monoisotopic (exact) mass is 399 g/mol. The highest BCUT2D eigenvalue weighted by Crippen LogP contribution is 2.20.